The summed E-state index contributed by atoms with van der Waals surface area (Å²) < 4.78 is 0. The molecule has 7 nitrogen and oxygen atoms in total. The summed E-state index contributed by atoms with van der Waals surface area (Å²) >= 11 is 0. The van der Waals surface area contributed by atoms with E-state index < -0.39 is 29.2 Å². The number of benzene rings is 1. The van der Waals surface area contributed by atoms with Gasteiger partial charge in [-0.25, -0.2) is 9.79 Å². The second-order valence-electron chi connectivity index (χ2n) is 5.86. The summed E-state index contributed by atoms with van der Waals surface area (Å²) in [4.78, 5) is 37.3. The van der Waals surface area contributed by atoms with Gasteiger partial charge in [0.05, 0.1) is 11.6 Å². The molecule has 8 heteroatoms. The number of hydrogen-bond donors (Lipinski definition) is 2. The number of nitrogens with zero attached hydrogens (tertiary/aromatic N) is 1. The second-order valence-corrected chi connectivity index (χ2v) is 5.86. The Bertz CT molecular complexity index is 663. The summed E-state index contributed by atoms with van der Waals surface area (Å²) in [6.07, 6.45) is 2.02. The first-order valence-corrected chi connectivity index (χ1v) is 8.19. The molecule has 136 valence electrons. The van der Waals surface area contributed by atoms with E-state index in [1.165, 1.54) is 0 Å². The maximum Gasteiger partial charge on any atom is 1.00 e. The van der Waals surface area contributed by atoms with Crippen LogP contribution in [0.1, 0.15) is 50.4 Å². The van der Waals surface area contributed by atoms with Crippen molar-refractivity contribution >= 4 is 23.8 Å². The average Bonchev–Trinajstić information content (AvgIpc) is 2.56. The number of nitrogens with one attached hydrogen (secondary N) is 1. The fourth-order valence-electron chi connectivity index (χ4n) is 2.88. The van der Waals surface area contributed by atoms with Crippen LogP contribution in [0, 0.1) is 11.3 Å². The van der Waals surface area contributed by atoms with Crippen LogP contribution in [0.3, 0.4) is 0 Å². The van der Waals surface area contributed by atoms with Gasteiger partial charge in [-0.1, -0.05) is 45.4 Å². The van der Waals surface area contributed by atoms with Gasteiger partial charge in [0, 0.05) is 0 Å². The molecule has 0 aromatic heterocycles. The van der Waals surface area contributed by atoms with Gasteiger partial charge in [0.1, 0.15) is 5.41 Å². The number of rotatable bonds is 5. The van der Waals surface area contributed by atoms with Gasteiger partial charge in [-0.15, -0.1) is 0 Å². The Morgan fingerprint density at radius 2 is 1.85 bits per heavy atom. The van der Waals surface area contributed by atoms with Crippen molar-refractivity contribution in [2.24, 2.45) is 16.3 Å². The Morgan fingerprint density at radius 3 is 2.23 bits per heavy atom. The number of amidine groups is 1. The smallest absolute Gasteiger partial charge is 0.846 e. The Balaban J connectivity index is 0.000000532. The molecule has 2 unspecified atom stereocenters. The molecule has 2 atom stereocenters. The number of hydrogen-bond acceptors (Lipinski definition) is 4. The maximum atomic E-state index is 11.9. The van der Waals surface area contributed by atoms with Gasteiger partial charge in [-0.3, -0.25) is 9.59 Å². The molecular formula is C18H23N2NaO5. The number of amides is 2. The predicted octanol–water partition coefficient (Wildman–Crippen LogP) is -1.42. The van der Waals surface area contributed by atoms with Gasteiger partial charge in [0.2, 0.25) is 5.91 Å². The Hall–Kier alpha value is -1.70. The second kappa shape index (κ2) is 11.1. The fraction of sp³-hybridized carbons (Fsp3) is 0.444. The van der Waals surface area contributed by atoms with Crippen molar-refractivity contribution in [1.29, 1.82) is 0 Å². The zero-order chi connectivity index (χ0) is 19.0. The van der Waals surface area contributed by atoms with E-state index in [1.807, 2.05) is 13.8 Å². The number of aromatic carboxylic acids is 1. The molecular weight excluding hydrogens is 347 g/mol. The Morgan fingerprint density at radius 1 is 1.27 bits per heavy atom. The molecule has 0 radical (unpaired) electrons. The molecule has 2 rings (SSSR count). The van der Waals surface area contributed by atoms with Gasteiger partial charge in [0.15, 0.2) is 0 Å². The van der Waals surface area contributed by atoms with Crippen molar-refractivity contribution in [2.75, 3.05) is 0 Å². The van der Waals surface area contributed by atoms with Gasteiger partial charge in [0.25, 0.3) is 5.91 Å². The summed E-state index contributed by atoms with van der Waals surface area (Å²) in [7, 11) is 0. The SMILES string of the molecule is CCCC(C)C1(CC)C(=O)N=C([O-])NC1=O.O=C(O)c1ccccc1.[Na+]. The molecule has 1 aliphatic heterocycles. The van der Waals surface area contributed by atoms with Crippen molar-refractivity contribution in [3.8, 4) is 0 Å². The van der Waals surface area contributed by atoms with Gasteiger partial charge >= 0.3 is 35.5 Å². The van der Waals surface area contributed by atoms with Gasteiger partial charge in [-0.2, -0.15) is 0 Å². The molecule has 0 fully saturated rings. The average molecular weight is 370 g/mol. The van der Waals surface area contributed by atoms with E-state index in [4.69, 9.17) is 5.11 Å². The third-order valence-electron chi connectivity index (χ3n) is 4.35. The number of carbonyl (C=O) groups is 3. The van der Waals surface area contributed by atoms with E-state index in [0.29, 0.717) is 12.0 Å². The van der Waals surface area contributed by atoms with E-state index in [1.54, 1.807) is 37.3 Å². The third-order valence-corrected chi connectivity index (χ3v) is 4.35. The number of carboxylic acids is 1. The Labute approximate surface area is 175 Å². The van der Waals surface area contributed by atoms with Gasteiger partial charge < -0.3 is 15.5 Å². The first-order valence-electron chi connectivity index (χ1n) is 8.19. The minimum atomic E-state index is -1.15. The van der Waals surface area contributed by atoms with Crippen molar-refractivity contribution < 1.29 is 54.2 Å². The summed E-state index contributed by atoms with van der Waals surface area (Å²) in [5.41, 5.74) is -0.818. The van der Waals surface area contributed by atoms with Crippen LogP contribution >= 0.6 is 0 Å². The molecule has 0 bridgehead atoms. The minimum absolute atomic E-state index is 0. The van der Waals surface area contributed by atoms with Crippen LogP contribution in [-0.2, 0) is 9.59 Å². The number of carbonyl (C=O) groups excluding carboxylic acids is 2. The quantitative estimate of drug-likeness (QED) is 0.487. The Kier molecular flexibility index (Phi) is 10.4. The van der Waals surface area contributed by atoms with Crippen LogP contribution in [0.25, 0.3) is 0 Å². The fourth-order valence-corrected chi connectivity index (χ4v) is 2.88. The standard InChI is InChI=1S/C11H18N2O3.C7H6O2.Na/c1-4-6-7(3)11(5-2)8(14)12-10(16)13-9(11)15;8-7(9)6-4-2-1-3-5-6;/h7H,4-6H2,1-3H3,(H2,12,13,14,15,16);1-5H,(H,8,9);/q;;+1/p-1. The molecule has 0 saturated carbocycles. The molecule has 1 aliphatic rings. The topological polar surface area (TPSA) is 119 Å². The maximum absolute atomic E-state index is 11.9. The number of carboxylic acid groups (broad SMARTS) is 1. The van der Waals surface area contributed by atoms with Crippen LogP contribution < -0.4 is 40.0 Å². The first-order chi connectivity index (χ1) is 11.8. The van der Waals surface area contributed by atoms with Crippen LogP contribution in [0.15, 0.2) is 35.3 Å². The first kappa shape index (κ1) is 24.3. The molecule has 0 aliphatic carbocycles. The minimum Gasteiger partial charge on any atom is -0.846 e. The molecule has 26 heavy (non-hydrogen) atoms. The normalized spacial score (nSPS) is 19.9. The van der Waals surface area contributed by atoms with E-state index in [0.717, 1.165) is 12.8 Å². The van der Waals surface area contributed by atoms with Crippen LogP contribution in [-0.4, -0.2) is 28.9 Å². The van der Waals surface area contributed by atoms with E-state index >= 15 is 0 Å². The van der Waals surface area contributed by atoms with Crippen LogP contribution in [0.4, 0.5) is 0 Å². The van der Waals surface area contributed by atoms with E-state index in [-0.39, 0.29) is 35.5 Å². The van der Waals surface area contributed by atoms with Gasteiger partial charge in [-0.05, 0) is 30.9 Å². The van der Waals surface area contributed by atoms with Crippen molar-refractivity contribution in [3.05, 3.63) is 35.9 Å². The van der Waals surface area contributed by atoms with E-state index in [2.05, 4.69) is 10.3 Å². The van der Waals surface area contributed by atoms with Crippen LogP contribution in [0.2, 0.25) is 0 Å². The molecule has 1 aromatic rings. The van der Waals surface area contributed by atoms with Crippen molar-refractivity contribution in [2.45, 2.75) is 40.0 Å². The van der Waals surface area contributed by atoms with Crippen molar-refractivity contribution in [1.82, 2.24) is 5.32 Å². The molecule has 0 saturated heterocycles. The molecule has 2 amide bonds. The van der Waals surface area contributed by atoms with Crippen molar-refractivity contribution in [3.63, 3.8) is 0 Å². The summed E-state index contributed by atoms with van der Waals surface area (Å²) in [6.45, 7) is 5.62. The predicted molar refractivity (Wildman–Crippen MR) is 90.8 cm³/mol. The summed E-state index contributed by atoms with van der Waals surface area (Å²) in [5, 5.41) is 21.5. The summed E-state index contributed by atoms with van der Waals surface area (Å²) in [5.74, 6) is -2.08. The molecule has 1 aromatic carbocycles. The van der Waals surface area contributed by atoms with E-state index in [9.17, 15) is 19.5 Å². The third kappa shape index (κ3) is 5.65. The monoisotopic (exact) mass is 370 g/mol. The molecule has 0 spiro atoms. The number of aliphatic imine (C=N–C) groups is 1. The summed E-state index contributed by atoms with van der Waals surface area (Å²) in [6, 6.07) is 7.45. The molecule has 1 heterocycles. The zero-order valence-corrected chi connectivity index (χ0v) is 17.6. The largest absolute Gasteiger partial charge is 1.00 e. The zero-order valence-electron chi connectivity index (χ0n) is 15.6. The molecule has 2 N–H and O–H groups in total. The van der Waals surface area contributed by atoms with Crippen LogP contribution in [0.5, 0.6) is 0 Å².